The Balaban J connectivity index is 1.20. The number of hydrogen-bond donors (Lipinski definition) is 1. The van der Waals surface area contributed by atoms with Crippen LogP contribution in [-0.4, -0.2) is 80.5 Å². The number of hydrogen-bond acceptors (Lipinski definition) is 8. The summed E-state index contributed by atoms with van der Waals surface area (Å²) in [7, 11) is 1.53. The van der Waals surface area contributed by atoms with Crippen LogP contribution >= 0.6 is 0 Å². The lowest BCUT2D eigenvalue weighted by Gasteiger charge is -2.39. The minimum Gasteiger partial charge on any atom is -0.481 e. The molecule has 1 aromatic carbocycles. The molecule has 2 fully saturated rings. The van der Waals surface area contributed by atoms with Crippen LogP contribution in [0.2, 0.25) is 0 Å². The fraction of sp³-hybridized carbons (Fsp3) is 0.419. The number of rotatable bonds is 7. The van der Waals surface area contributed by atoms with E-state index in [0.29, 0.717) is 54.4 Å². The van der Waals surface area contributed by atoms with Gasteiger partial charge in [0.1, 0.15) is 5.60 Å². The summed E-state index contributed by atoms with van der Waals surface area (Å²) < 4.78 is 10.5. The van der Waals surface area contributed by atoms with Crippen molar-refractivity contribution in [1.29, 1.82) is 0 Å². The van der Waals surface area contributed by atoms with Gasteiger partial charge in [-0.2, -0.15) is 0 Å². The number of likely N-dealkylation sites (tertiary alicyclic amines) is 1. The first-order chi connectivity index (χ1) is 20.1. The van der Waals surface area contributed by atoms with Crippen LogP contribution in [0.15, 0.2) is 55.0 Å². The van der Waals surface area contributed by atoms with Gasteiger partial charge in [-0.15, -0.1) is 0 Å². The lowest BCUT2D eigenvalue weighted by Crippen LogP contribution is -2.50. The quantitative estimate of drug-likeness (QED) is 0.428. The normalized spacial score (nSPS) is 15.6. The highest BCUT2D eigenvalue weighted by atomic mass is 16.6. The van der Waals surface area contributed by atoms with Gasteiger partial charge in [-0.25, -0.2) is 19.7 Å². The summed E-state index contributed by atoms with van der Waals surface area (Å²) in [5.41, 5.74) is 1.65. The number of amides is 3. The SMILES string of the molecule is COc1ccc(NC(=O)c2ccc(-c3ncc(C(=O)N(C4CC4)C4CCN(C(=O)OC(C)(C)C)CC4)cn3)cc2)cn1. The number of anilines is 1. The molecular formula is C31H36N6O5. The van der Waals surface area contributed by atoms with Gasteiger partial charge in [0.05, 0.1) is 24.6 Å². The first-order valence-corrected chi connectivity index (χ1v) is 14.2. The maximum absolute atomic E-state index is 13.6. The van der Waals surface area contributed by atoms with Crippen LogP contribution < -0.4 is 10.1 Å². The first kappa shape index (κ1) is 29.0. The van der Waals surface area contributed by atoms with Gasteiger partial charge >= 0.3 is 6.09 Å². The van der Waals surface area contributed by atoms with Crippen LogP contribution in [0.5, 0.6) is 5.88 Å². The molecule has 0 bridgehead atoms. The Morgan fingerprint density at radius 1 is 0.857 bits per heavy atom. The molecule has 0 atom stereocenters. The molecule has 42 heavy (non-hydrogen) atoms. The lowest BCUT2D eigenvalue weighted by atomic mass is 10.0. The molecule has 5 rings (SSSR count). The molecule has 11 nitrogen and oxygen atoms in total. The molecule has 1 N–H and O–H groups in total. The highest BCUT2D eigenvalue weighted by molar-refractivity contribution is 6.04. The van der Waals surface area contributed by atoms with Gasteiger partial charge in [0.25, 0.3) is 11.8 Å². The molecule has 3 heterocycles. The molecule has 1 aliphatic heterocycles. The van der Waals surface area contributed by atoms with E-state index < -0.39 is 5.60 Å². The van der Waals surface area contributed by atoms with Gasteiger partial charge in [-0.1, -0.05) is 12.1 Å². The third-order valence-electron chi connectivity index (χ3n) is 7.19. The third-order valence-corrected chi connectivity index (χ3v) is 7.19. The second kappa shape index (κ2) is 12.1. The van der Waals surface area contributed by atoms with Gasteiger partial charge in [-0.3, -0.25) is 9.59 Å². The van der Waals surface area contributed by atoms with Crippen LogP contribution in [-0.2, 0) is 4.74 Å². The number of pyridine rings is 1. The molecule has 0 unspecified atom stereocenters. The van der Waals surface area contributed by atoms with Gasteiger partial charge in [0.15, 0.2) is 5.82 Å². The van der Waals surface area contributed by atoms with Crippen molar-refractivity contribution in [2.45, 2.75) is 64.1 Å². The van der Waals surface area contributed by atoms with E-state index in [9.17, 15) is 14.4 Å². The Morgan fingerprint density at radius 2 is 1.50 bits per heavy atom. The fourth-order valence-electron chi connectivity index (χ4n) is 4.92. The summed E-state index contributed by atoms with van der Waals surface area (Å²) in [5.74, 6) is 0.569. The Kier molecular flexibility index (Phi) is 8.37. The summed E-state index contributed by atoms with van der Waals surface area (Å²) in [6, 6.07) is 10.6. The predicted octanol–water partition coefficient (Wildman–Crippen LogP) is 4.80. The second-order valence-electron chi connectivity index (χ2n) is 11.6. The summed E-state index contributed by atoms with van der Waals surface area (Å²) in [6.45, 7) is 6.67. The fourth-order valence-corrected chi connectivity index (χ4v) is 4.92. The number of nitrogens with zero attached hydrogens (tertiary/aromatic N) is 5. The zero-order chi connectivity index (χ0) is 29.9. The minimum atomic E-state index is -0.539. The molecule has 1 aliphatic carbocycles. The van der Waals surface area contributed by atoms with Crippen molar-refractivity contribution >= 4 is 23.6 Å². The van der Waals surface area contributed by atoms with Crippen molar-refractivity contribution in [2.24, 2.45) is 0 Å². The van der Waals surface area contributed by atoms with Gasteiger partial charge in [0.2, 0.25) is 5.88 Å². The standard InChI is InChI=1S/C31H36N6O5/c1-31(2,3)42-30(40)36-15-13-25(14-16-36)37(24-10-11-24)29(39)22-17-33-27(34-18-22)20-5-7-21(8-6-20)28(38)35-23-9-12-26(41-4)32-19-23/h5-9,12,17-19,24-25H,10-11,13-16H2,1-4H3,(H,35,38). The van der Waals surface area contributed by atoms with Crippen LogP contribution in [0.1, 0.15) is 67.2 Å². The molecular weight excluding hydrogens is 536 g/mol. The van der Waals surface area contributed by atoms with Gasteiger partial charge < -0.3 is 24.6 Å². The lowest BCUT2D eigenvalue weighted by molar-refractivity contribution is 0.0142. The van der Waals surface area contributed by atoms with E-state index >= 15 is 0 Å². The number of piperidine rings is 1. The molecule has 220 valence electrons. The maximum atomic E-state index is 13.6. The number of methoxy groups -OCH3 is 1. The number of aromatic nitrogens is 3. The highest BCUT2D eigenvalue weighted by Crippen LogP contribution is 2.33. The molecule has 0 radical (unpaired) electrons. The van der Waals surface area contributed by atoms with Crippen LogP contribution in [0.25, 0.3) is 11.4 Å². The largest absolute Gasteiger partial charge is 0.481 e. The maximum Gasteiger partial charge on any atom is 0.410 e. The Morgan fingerprint density at radius 3 is 2.05 bits per heavy atom. The topological polar surface area (TPSA) is 127 Å². The van der Waals surface area contributed by atoms with E-state index in [4.69, 9.17) is 9.47 Å². The molecule has 0 spiro atoms. The average Bonchev–Trinajstić information content (AvgIpc) is 3.82. The number of ether oxygens (including phenoxy) is 2. The molecule has 2 aromatic heterocycles. The van der Waals surface area contributed by atoms with E-state index in [-0.39, 0.29) is 30.0 Å². The first-order valence-electron chi connectivity index (χ1n) is 14.2. The van der Waals surface area contributed by atoms with Gasteiger partial charge in [0, 0.05) is 54.8 Å². The number of benzene rings is 1. The van der Waals surface area contributed by atoms with E-state index in [1.807, 2.05) is 25.7 Å². The third kappa shape index (κ3) is 7.02. The number of carbonyl (C=O) groups excluding carboxylic acids is 3. The Bertz CT molecular complexity index is 1410. The minimum absolute atomic E-state index is 0.0516. The van der Waals surface area contributed by atoms with E-state index in [1.54, 1.807) is 53.7 Å². The molecule has 3 aromatic rings. The van der Waals surface area contributed by atoms with Crippen LogP contribution in [0.3, 0.4) is 0 Å². The highest BCUT2D eigenvalue weighted by Gasteiger charge is 2.40. The van der Waals surface area contributed by atoms with Crippen molar-refractivity contribution in [3.05, 3.63) is 66.1 Å². The zero-order valence-electron chi connectivity index (χ0n) is 24.4. The van der Waals surface area contributed by atoms with Crippen LogP contribution in [0.4, 0.5) is 10.5 Å². The van der Waals surface area contributed by atoms with Crippen LogP contribution in [0, 0.1) is 0 Å². The van der Waals surface area contributed by atoms with E-state index in [1.165, 1.54) is 13.3 Å². The molecule has 3 amide bonds. The molecule has 1 saturated heterocycles. The summed E-state index contributed by atoms with van der Waals surface area (Å²) >= 11 is 0. The van der Waals surface area contributed by atoms with Crippen molar-refractivity contribution in [3.63, 3.8) is 0 Å². The second-order valence-corrected chi connectivity index (χ2v) is 11.6. The van der Waals surface area contributed by atoms with Crippen molar-refractivity contribution in [2.75, 3.05) is 25.5 Å². The summed E-state index contributed by atoms with van der Waals surface area (Å²) in [4.78, 5) is 55.4. The van der Waals surface area contributed by atoms with Crippen molar-refractivity contribution in [3.8, 4) is 17.3 Å². The van der Waals surface area contributed by atoms with E-state index in [0.717, 1.165) is 18.4 Å². The smallest absolute Gasteiger partial charge is 0.410 e. The van der Waals surface area contributed by atoms with Gasteiger partial charge in [-0.05, 0) is 64.7 Å². The van der Waals surface area contributed by atoms with Crippen molar-refractivity contribution < 1.29 is 23.9 Å². The predicted molar refractivity (Wildman–Crippen MR) is 156 cm³/mol. The number of nitrogens with one attached hydrogen (secondary N) is 1. The number of carbonyl (C=O) groups is 3. The van der Waals surface area contributed by atoms with Crippen molar-refractivity contribution in [1.82, 2.24) is 24.8 Å². The summed E-state index contributed by atoms with van der Waals surface area (Å²) in [5, 5.41) is 2.80. The molecule has 1 saturated carbocycles. The molecule has 11 heteroatoms. The summed E-state index contributed by atoms with van der Waals surface area (Å²) in [6.07, 6.45) is 7.71. The Hall–Kier alpha value is -4.54. The van der Waals surface area contributed by atoms with E-state index in [2.05, 4.69) is 20.3 Å². The monoisotopic (exact) mass is 572 g/mol. The Labute approximate surface area is 245 Å². The average molecular weight is 573 g/mol. The molecule has 2 aliphatic rings. The zero-order valence-corrected chi connectivity index (χ0v) is 24.4.